The largest absolute Gasteiger partial charge is 0.351 e. The number of nitrogens with zero attached hydrogens (tertiary/aromatic N) is 5. The lowest BCUT2D eigenvalue weighted by atomic mass is 10.1. The highest BCUT2D eigenvalue weighted by Gasteiger charge is 2.29. The molecule has 2 aromatic heterocycles. The third-order valence-electron chi connectivity index (χ3n) is 2.63. The van der Waals surface area contributed by atoms with Crippen molar-refractivity contribution in [2.45, 2.75) is 6.04 Å². The molecule has 0 radical (unpaired) electrons. The molecule has 0 aliphatic carbocycles. The van der Waals surface area contributed by atoms with Crippen LogP contribution in [0.4, 0.5) is 5.82 Å². The normalized spacial score (nSPS) is 16.4. The summed E-state index contributed by atoms with van der Waals surface area (Å²) in [5, 5.41) is 4.22. The van der Waals surface area contributed by atoms with Crippen LogP contribution >= 0.6 is 0 Å². The lowest BCUT2D eigenvalue weighted by Crippen LogP contribution is -2.48. The molecule has 1 aliphatic heterocycles. The molecule has 5 nitrogen and oxygen atoms in total. The van der Waals surface area contributed by atoms with Gasteiger partial charge in [0.25, 0.3) is 0 Å². The van der Waals surface area contributed by atoms with E-state index in [4.69, 9.17) is 0 Å². The van der Waals surface area contributed by atoms with Gasteiger partial charge in [-0.1, -0.05) is 0 Å². The third-order valence-corrected chi connectivity index (χ3v) is 2.63. The fraction of sp³-hybridized carbons (Fsp3) is 0.300. The highest BCUT2D eigenvalue weighted by atomic mass is 15.4. The van der Waals surface area contributed by atoms with Crippen LogP contribution in [-0.2, 0) is 0 Å². The maximum Gasteiger partial charge on any atom is 0.147 e. The molecule has 0 bridgehead atoms. The van der Waals surface area contributed by atoms with E-state index in [0.29, 0.717) is 6.04 Å². The average Bonchev–Trinajstić information content (AvgIpc) is 2.70. The number of rotatable bonds is 2. The average molecular weight is 201 g/mol. The molecule has 15 heavy (non-hydrogen) atoms. The van der Waals surface area contributed by atoms with E-state index < -0.39 is 0 Å². The summed E-state index contributed by atoms with van der Waals surface area (Å²) < 4.78 is 1.99. The van der Waals surface area contributed by atoms with Crippen molar-refractivity contribution in [1.82, 2.24) is 19.7 Å². The van der Waals surface area contributed by atoms with Gasteiger partial charge in [-0.3, -0.25) is 9.67 Å². The summed E-state index contributed by atoms with van der Waals surface area (Å²) in [6.07, 6.45) is 9.01. The van der Waals surface area contributed by atoms with Crippen molar-refractivity contribution in [3.05, 3.63) is 37.1 Å². The topological polar surface area (TPSA) is 46.8 Å². The standard InChI is InChI=1S/C10H11N5/c1-2-13-15(5-1)9-7-14(8-9)10-6-11-3-4-12-10/h1-6,9H,7-8H2. The maximum absolute atomic E-state index is 4.25. The minimum atomic E-state index is 0.474. The van der Waals surface area contributed by atoms with E-state index in [1.807, 2.05) is 23.1 Å². The Hall–Kier alpha value is -1.91. The highest BCUT2D eigenvalue weighted by Crippen LogP contribution is 2.24. The Balaban J connectivity index is 1.68. The second kappa shape index (κ2) is 3.34. The Kier molecular flexibility index (Phi) is 1.87. The van der Waals surface area contributed by atoms with Crippen LogP contribution < -0.4 is 4.90 Å². The Labute approximate surface area is 87.4 Å². The Morgan fingerprint density at radius 2 is 2.13 bits per heavy atom. The van der Waals surface area contributed by atoms with Gasteiger partial charge in [-0.2, -0.15) is 5.10 Å². The fourth-order valence-electron chi connectivity index (χ4n) is 1.76. The van der Waals surface area contributed by atoms with Crippen LogP contribution in [0.1, 0.15) is 6.04 Å². The number of hydrogen-bond donors (Lipinski definition) is 0. The van der Waals surface area contributed by atoms with Crippen molar-refractivity contribution in [1.29, 1.82) is 0 Å². The predicted molar refractivity (Wildman–Crippen MR) is 55.5 cm³/mol. The quantitative estimate of drug-likeness (QED) is 0.718. The predicted octanol–water partition coefficient (Wildman–Crippen LogP) is 0.734. The lowest BCUT2D eigenvalue weighted by Gasteiger charge is -2.39. The molecular weight excluding hydrogens is 190 g/mol. The Morgan fingerprint density at radius 3 is 2.80 bits per heavy atom. The molecule has 0 atom stereocenters. The summed E-state index contributed by atoms with van der Waals surface area (Å²) in [6, 6.07) is 2.42. The molecule has 1 fully saturated rings. The van der Waals surface area contributed by atoms with Crippen molar-refractivity contribution in [3.8, 4) is 0 Å². The first-order valence-corrected chi connectivity index (χ1v) is 4.93. The van der Waals surface area contributed by atoms with Crippen LogP contribution in [0, 0.1) is 0 Å². The molecule has 2 aromatic rings. The zero-order chi connectivity index (χ0) is 10.1. The van der Waals surface area contributed by atoms with E-state index in [9.17, 15) is 0 Å². The van der Waals surface area contributed by atoms with Gasteiger partial charge in [0.05, 0.1) is 12.2 Å². The second-order valence-corrected chi connectivity index (χ2v) is 3.61. The summed E-state index contributed by atoms with van der Waals surface area (Å²) in [7, 11) is 0. The van der Waals surface area contributed by atoms with E-state index in [1.165, 1.54) is 0 Å². The summed E-state index contributed by atoms with van der Waals surface area (Å²) in [4.78, 5) is 10.5. The first-order valence-electron chi connectivity index (χ1n) is 4.93. The number of hydrogen-bond acceptors (Lipinski definition) is 4. The van der Waals surface area contributed by atoms with Gasteiger partial charge in [0, 0.05) is 37.9 Å². The molecule has 76 valence electrons. The number of anilines is 1. The zero-order valence-electron chi connectivity index (χ0n) is 8.19. The molecule has 5 heteroatoms. The Morgan fingerprint density at radius 1 is 1.20 bits per heavy atom. The van der Waals surface area contributed by atoms with Crippen LogP contribution in [0.5, 0.6) is 0 Å². The lowest BCUT2D eigenvalue weighted by molar-refractivity contribution is 0.365. The van der Waals surface area contributed by atoms with Gasteiger partial charge in [-0.05, 0) is 6.07 Å². The van der Waals surface area contributed by atoms with Crippen molar-refractivity contribution < 1.29 is 0 Å². The molecule has 3 heterocycles. The molecule has 1 aliphatic rings. The van der Waals surface area contributed by atoms with Gasteiger partial charge in [0.2, 0.25) is 0 Å². The van der Waals surface area contributed by atoms with Gasteiger partial charge in [0.15, 0.2) is 0 Å². The van der Waals surface area contributed by atoms with E-state index >= 15 is 0 Å². The van der Waals surface area contributed by atoms with E-state index in [0.717, 1.165) is 18.9 Å². The van der Waals surface area contributed by atoms with Crippen LogP contribution in [0.3, 0.4) is 0 Å². The van der Waals surface area contributed by atoms with Crippen LogP contribution in [-0.4, -0.2) is 32.8 Å². The Bertz CT molecular complexity index is 418. The van der Waals surface area contributed by atoms with E-state index in [-0.39, 0.29) is 0 Å². The smallest absolute Gasteiger partial charge is 0.147 e. The van der Waals surface area contributed by atoms with Crippen LogP contribution in [0.2, 0.25) is 0 Å². The summed E-state index contributed by atoms with van der Waals surface area (Å²) in [5.74, 6) is 0.945. The molecular formula is C10H11N5. The molecule has 0 N–H and O–H groups in total. The van der Waals surface area contributed by atoms with E-state index in [2.05, 4.69) is 20.0 Å². The molecule has 0 spiro atoms. The molecule has 3 rings (SSSR count). The van der Waals surface area contributed by atoms with Crippen LogP contribution in [0.25, 0.3) is 0 Å². The molecule has 0 unspecified atom stereocenters. The van der Waals surface area contributed by atoms with Crippen molar-refractivity contribution >= 4 is 5.82 Å². The first kappa shape index (κ1) is 8.40. The van der Waals surface area contributed by atoms with Crippen molar-refractivity contribution in [2.24, 2.45) is 0 Å². The van der Waals surface area contributed by atoms with Gasteiger partial charge in [0.1, 0.15) is 5.82 Å². The maximum atomic E-state index is 4.25. The second-order valence-electron chi connectivity index (χ2n) is 3.61. The fourth-order valence-corrected chi connectivity index (χ4v) is 1.76. The minimum absolute atomic E-state index is 0.474. The van der Waals surface area contributed by atoms with Crippen molar-refractivity contribution in [2.75, 3.05) is 18.0 Å². The van der Waals surface area contributed by atoms with Gasteiger partial charge in [-0.15, -0.1) is 0 Å². The molecule has 0 aromatic carbocycles. The van der Waals surface area contributed by atoms with Gasteiger partial charge < -0.3 is 4.90 Å². The SMILES string of the molecule is c1cnn(C2CN(c3cnccn3)C2)c1. The van der Waals surface area contributed by atoms with Gasteiger partial charge >= 0.3 is 0 Å². The first-order chi connectivity index (χ1) is 7.43. The van der Waals surface area contributed by atoms with Gasteiger partial charge in [-0.25, -0.2) is 4.98 Å². The summed E-state index contributed by atoms with van der Waals surface area (Å²) >= 11 is 0. The van der Waals surface area contributed by atoms with Crippen LogP contribution in [0.15, 0.2) is 37.1 Å². The minimum Gasteiger partial charge on any atom is -0.351 e. The third kappa shape index (κ3) is 1.45. The molecule has 0 amide bonds. The monoisotopic (exact) mass is 201 g/mol. The van der Waals surface area contributed by atoms with E-state index in [1.54, 1.807) is 18.6 Å². The number of aromatic nitrogens is 4. The molecule has 1 saturated heterocycles. The summed E-state index contributed by atoms with van der Waals surface area (Å²) in [6.45, 7) is 1.92. The molecule has 0 saturated carbocycles. The highest BCUT2D eigenvalue weighted by molar-refractivity contribution is 5.39. The summed E-state index contributed by atoms with van der Waals surface area (Å²) in [5.41, 5.74) is 0. The van der Waals surface area contributed by atoms with Crippen molar-refractivity contribution in [3.63, 3.8) is 0 Å². The zero-order valence-corrected chi connectivity index (χ0v) is 8.19.